The summed E-state index contributed by atoms with van der Waals surface area (Å²) in [6.07, 6.45) is 2.91. The minimum Gasteiger partial charge on any atom is -0.366 e. The van der Waals surface area contributed by atoms with Gasteiger partial charge in [-0.05, 0) is 18.8 Å². The van der Waals surface area contributed by atoms with E-state index in [1.165, 1.54) is 12.8 Å². The first kappa shape index (κ1) is 9.65. The van der Waals surface area contributed by atoms with E-state index in [0.717, 1.165) is 12.8 Å². The summed E-state index contributed by atoms with van der Waals surface area (Å²) in [7, 11) is 0. The van der Waals surface area contributed by atoms with Gasteiger partial charge in [0.1, 0.15) is 12.4 Å². The van der Waals surface area contributed by atoms with Gasteiger partial charge in [0.25, 0.3) is 5.91 Å². The predicted octanol–water partition coefficient (Wildman–Crippen LogP) is 0.213. The van der Waals surface area contributed by atoms with Crippen LogP contribution in [-0.2, 0) is 14.3 Å². The topological polar surface area (TPSA) is 46.6 Å². The first-order valence-electron chi connectivity index (χ1n) is 5.15. The van der Waals surface area contributed by atoms with Crippen LogP contribution in [0.5, 0.6) is 0 Å². The van der Waals surface area contributed by atoms with Gasteiger partial charge in [-0.25, -0.2) is 0 Å². The minimum absolute atomic E-state index is 0.00440. The average Bonchev–Trinajstić information content (AvgIpc) is 2.96. The van der Waals surface area contributed by atoms with Crippen molar-refractivity contribution in [1.82, 2.24) is 4.90 Å². The molecule has 1 aliphatic carbocycles. The highest BCUT2D eigenvalue weighted by Crippen LogP contribution is 2.30. The molecule has 4 nitrogen and oxygen atoms in total. The third-order valence-electron chi connectivity index (χ3n) is 2.75. The number of rotatable bonds is 4. The molecule has 2 fully saturated rings. The minimum atomic E-state index is -0.514. The molecule has 1 heterocycles. The first-order valence-corrected chi connectivity index (χ1v) is 5.15. The lowest BCUT2D eigenvalue weighted by Gasteiger charge is -2.31. The van der Waals surface area contributed by atoms with E-state index >= 15 is 0 Å². The highest BCUT2D eigenvalue weighted by atomic mass is 16.5. The van der Waals surface area contributed by atoms with Crippen LogP contribution in [0, 0.1) is 5.92 Å². The zero-order chi connectivity index (χ0) is 9.97. The molecule has 0 unspecified atom stereocenters. The van der Waals surface area contributed by atoms with E-state index in [4.69, 9.17) is 4.74 Å². The standard InChI is InChI=1S/C10H15NO3/c12-5-3-9-10(13)11(4-6-14-9)7-8-1-2-8/h5,8-9H,1-4,6-7H2/t9-/m1/s1. The molecule has 0 aromatic rings. The lowest BCUT2D eigenvalue weighted by molar-refractivity contribution is -0.154. The van der Waals surface area contributed by atoms with Crippen LogP contribution in [0.1, 0.15) is 19.3 Å². The molecule has 2 rings (SSSR count). The molecule has 1 amide bonds. The number of nitrogens with zero attached hydrogens (tertiary/aromatic N) is 1. The maximum atomic E-state index is 11.7. The molecule has 1 saturated carbocycles. The van der Waals surface area contributed by atoms with Gasteiger partial charge in [0.2, 0.25) is 0 Å². The van der Waals surface area contributed by atoms with Crippen LogP contribution in [0.4, 0.5) is 0 Å². The molecule has 0 aromatic carbocycles. The van der Waals surface area contributed by atoms with E-state index in [1.54, 1.807) is 0 Å². The van der Waals surface area contributed by atoms with Gasteiger partial charge in [-0.1, -0.05) is 0 Å². The zero-order valence-electron chi connectivity index (χ0n) is 8.15. The summed E-state index contributed by atoms with van der Waals surface area (Å²) in [5.74, 6) is 0.698. The fourth-order valence-electron chi connectivity index (χ4n) is 1.74. The number of amides is 1. The Labute approximate surface area is 83.2 Å². The van der Waals surface area contributed by atoms with Crippen LogP contribution in [0.25, 0.3) is 0 Å². The van der Waals surface area contributed by atoms with Gasteiger partial charge in [-0.3, -0.25) is 4.79 Å². The Morgan fingerprint density at radius 3 is 2.93 bits per heavy atom. The summed E-state index contributed by atoms with van der Waals surface area (Å²) in [5.41, 5.74) is 0. The number of carbonyl (C=O) groups excluding carboxylic acids is 2. The number of aldehydes is 1. The summed E-state index contributed by atoms with van der Waals surface area (Å²) in [5, 5.41) is 0. The largest absolute Gasteiger partial charge is 0.366 e. The molecule has 14 heavy (non-hydrogen) atoms. The molecular formula is C10H15NO3. The van der Waals surface area contributed by atoms with Crippen molar-refractivity contribution in [3.8, 4) is 0 Å². The van der Waals surface area contributed by atoms with E-state index in [-0.39, 0.29) is 12.3 Å². The van der Waals surface area contributed by atoms with Gasteiger partial charge < -0.3 is 14.4 Å². The van der Waals surface area contributed by atoms with Crippen LogP contribution < -0.4 is 0 Å². The highest BCUT2D eigenvalue weighted by Gasteiger charge is 2.33. The van der Waals surface area contributed by atoms with Gasteiger partial charge in [0.15, 0.2) is 0 Å². The molecule has 4 heteroatoms. The predicted molar refractivity (Wildman–Crippen MR) is 49.7 cm³/mol. The fourth-order valence-corrected chi connectivity index (χ4v) is 1.74. The molecule has 1 saturated heterocycles. The van der Waals surface area contributed by atoms with E-state index in [9.17, 15) is 9.59 Å². The Hall–Kier alpha value is -0.900. The van der Waals surface area contributed by atoms with Crippen molar-refractivity contribution in [3.05, 3.63) is 0 Å². The van der Waals surface area contributed by atoms with Crippen molar-refractivity contribution in [1.29, 1.82) is 0 Å². The number of ether oxygens (including phenoxy) is 1. The van der Waals surface area contributed by atoms with Crippen LogP contribution in [-0.4, -0.2) is 42.9 Å². The Bertz CT molecular complexity index is 238. The molecular weight excluding hydrogens is 182 g/mol. The Balaban J connectivity index is 1.89. The second-order valence-electron chi connectivity index (χ2n) is 3.99. The quantitative estimate of drug-likeness (QED) is 0.605. The second kappa shape index (κ2) is 4.09. The molecule has 0 aromatic heterocycles. The van der Waals surface area contributed by atoms with Crippen molar-refractivity contribution in [3.63, 3.8) is 0 Å². The summed E-state index contributed by atoms with van der Waals surface area (Å²) < 4.78 is 5.24. The Morgan fingerprint density at radius 2 is 2.29 bits per heavy atom. The van der Waals surface area contributed by atoms with Crippen molar-refractivity contribution >= 4 is 12.2 Å². The SMILES string of the molecule is O=CC[C@H]1OCCN(CC2CC2)C1=O. The molecule has 78 valence electrons. The average molecular weight is 197 g/mol. The van der Waals surface area contributed by atoms with Gasteiger partial charge in [-0.2, -0.15) is 0 Å². The van der Waals surface area contributed by atoms with Crippen LogP contribution in [0.2, 0.25) is 0 Å². The van der Waals surface area contributed by atoms with E-state index in [1.807, 2.05) is 4.90 Å². The molecule has 0 spiro atoms. The number of hydrogen-bond donors (Lipinski definition) is 0. The maximum absolute atomic E-state index is 11.7. The Morgan fingerprint density at radius 1 is 1.50 bits per heavy atom. The van der Waals surface area contributed by atoms with Crippen LogP contribution in [0.3, 0.4) is 0 Å². The fraction of sp³-hybridized carbons (Fsp3) is 0.800. The monoisotopic (exact) mass is 197 g/mol. The van der Waals surface area contributed by atoms with Gasteiger partial charge >= 0.3 is 0 Å². The summed E-state index contributed by atoms with van der Waals surface area (Å²) in [4.78, 5) is 23.9. The Kier molecular flexibility index (Phi) is 2.82. The highest BCUT2D eigenvalue weighted by molar-refractivity contribution is 5.83. The molecule has 1 atom stereocenters. The molecule has 0 bridgehead atoms. The van der Waals surface area contributed by atoms with E-state index < -0.39 is 6.10 Å². The van der Waals surface area contributed by atoms with Gasteiger partial charge in [0, 0.05) is 19.5 Å². The van der Waals surface area contributed by atoms with Crippen LogP contribution in [0.15, 0.2) is 0 Å². The lowest BCUT2D eigenvalue weighted by Crippen LogP contribution is -2.48. The van der Waals surface area contributed by atoms with E-state index in [2.05, 4.69) is 0 Å². The van der Waals surface area contributed by atoms with Crippen molar-refractivity contribution < 1.29 is 14.3 Å². The van der Waals surface area contributed by atoms with Crippen molar-refractivity contribution in [2.24, 2.45) is 5.92 Å². The maximum Gasteiger partial charge on any atom is 0.252 e. The number of carbonyl (C=O) groups is 2. The zero-order valence-corrected chi connectivity index (χ0v) is 8.15. The van der Waals surface area contributed by atoms with Gasteiger partial charge in [-0.15, -0.1) is 0 Å². The normalized spacial score (nSPS) is 27.9. The molecule has 0 N–H and O–H groups in total. The van der Waals surface area contributed by atoms with E-state index in [0.29, 0.717) is 19.1 Å². The first-order chi connectivity index (χ1) is 6.81. The van der Waals surface area contributed by atoms with Gasteiger partial charge in [0.05, 0.1) is 6.61 Å². The molecule has 2 aliphatic rings. The molecule has 0 radical (unpaired) electrons. The number of hydrogen-bond acceptors (Lipinski definition) is 3. The summed E-state index contributed by atoms with van der Waals surface area (Å²) in [6, 6.07) is 0. The second-order valence-corrected chi connectivity index (χ2v) is 3.99. The third kappa shape index (κ3) is 2.12. The smallest absolute Gasteiger partial charge is 0.252 e. The summed E-state index contributed by atoms with van der Waals surface area (Å²) in [6.45, 7) is 2.11. The third-order valence-corrected chi connectivity index (χ3v) is 2.75. The van der Waals surface area contributed by atoms with Crippen LogP contribution >= 0.6 is 0 Å². The number of morpholine rings is 1. The summed E-state index contributed by atoms with van der Waals surface area (Å²) >= 11 is 0. The lowest BCUT2D eigenvalue weighted by atomic mass is 10.2. The van der Waals surface area contributed by atoms with Crippen molar-refractivity contribution in [2.45, 2.75) is 25.4 Å². The molecule has 1 aliphatic heterocycles. The van der Waals surface area contributed by atoms with Crippen molar-refractivity contribution in [2.75, 3.05) is 19.7 Å².